The summed E-state index contributed by atoms with van der Waals surface area (Å²) in [4.78, 5) is 24.2. The van der Waals surface area contributed by atoms with Crippen LogP contribution < -0.4 is 5.32 Å². The van der Waals surface area contributed by atoms with Crippen molar-refractivity contribution < 1.29 is 14.7 Å². The maximum Gasteiger partial charge on any atom is 0.323 e. The summed E-state index contributed by atoms with van der Waals surface area (Å²) >= 11 is 0. The molecule has 0 heterocycles. The lowest BCUT2D eigenvalue weighted by Crippen LogP contribution is -2.48. The average Bonchev–Trinajstić information content (AvgIpc) is 2.62. The van der Waals surface area contributed by atoms with Crippen LogP contribution in [0.25, 0.3) is 0 Å². The molecule has 0 aliphatic heterocycles. The summed E-state index contributed by atoms with van der Waals surface area (Å²) in [6.07, 6.45) is 3.26. The van der Waals surface area contributed by atoms with E-state index in [0.717, 1.165) is 19.3 Å². The number of carbonyl (C=O) groups is 2. The topological polar surface area (TPSA) is 69.6 Å². The third kappa shape index (κ3) is 4.55. The van der Waals surface area contributed by atoms with Gasteiger partial charge in [-0.05, 0) is 24.7 Å². The highest BCUT2D eigenvalue weighted by Gasteiger charge is 2.27. The normalized spacial score (nSPS) is 23.1. The Bertz CT molecular complexity index is 305. The highest BCUT2D eigenvalue weighted by atomic mass is 16.4. The lowest BCUT2D eigenvalue weighted by molar-refractivity contribution is -0.137. The fourth-order valence-corrected chi connectivity index (χ4v) is 2.43. The van der Waals surface area contributed by atoms with Gasteiger partial charge in [-0.1, -0.05) is 27.2 Å². The number of urea groups is 1. The SMILES string of the molecule is CC(C)CN(CC(=O)O)C(=O)NC1CCCC1C. The standard InChI is InChI=1S/C13H24N2O3/c1-9(2)7-15(8-12(16)17)13(18)14-11-6-4-5-10(11)3/h9-11H,4-8H2,1-3H3,(H,14,18)(H,16,17). The zero-order chi connectivity index (χ0) is 13.7. The molecule has 5 heteroatoms. The van der Waals surface area contributed by atoms with Gasteiger partial charge in [0, 0.05) is 12.6 Å². The number of hydrogen-bond acceptors (Lipinski definition) is 2. The van der Waals surface area contributed by atoms with Gasteiger partial charge in [0.15, 0.2) is 0 Å². The van der Waals surface area contributed by atoms with E-state index in [1.807, 2.05) is 13.8 Å². The third-order valence-corrected chi connectivity index (χ3v) is 3.37. The molecule has 2 N–H and O–H groups in total. The molecule has 2 unspecified atom stereocenters. The summed E-state index contributed by atoms with van der Waals surface area (Å²) in [5.74, 6) is -0.221. The zero-order valence-electron chi connectivity index (χ0n) is 11.5. The lowest BCUT2D eigenvalue weighted by Gasteiger charge is -2.26. The highest BCUT2D eigenvalue weighted by Crippen LogP contribution is 2.24. The molecule has 0 aromatic rings. The van der Waals surface area contributed by atoms with Gasteiger partial charge >= 0.3 is 12.0 Å². The van der Waals surface area contributed by atoms with E-state index in [9.17, 15) is 9.59 Å². The Kier molecular flexibility index (Phi) is 5.44. The second-order valence-corrected chi connectivity index (χ2v) is 5.63. The van der Waals surface area contributed by atoms with Crippen LogP contribution in [0.1, 0.15) is 40.0 Å². The first-order valence-corrected chi connectivity index (χ1v) is 6.67. The van der Waals surface area contributed by atoms with Crippen molar-refractivity contribution in [1.29, 1.82) is 0 Å². The van der Waals surface area contributed by atoms with Crippen LogP contribution in [0.3, 0.4) is 0 Å². The van der Waals surface area contributed by atoms with E-state index < -0.39 is 5.97 Å². The number of carboxylic acid groups (broad SMARTS) is 1. The molecule has 5 nitrogen and oxygen atoms in total. The van der Waals surface area contributed by atoms with Crippen molar-refractivity contribution in [3.63, 3.8) is 0 Å². The van der Waals surface area contributed by atoms with Crippen LogP contribution in [-0.4, -0.2) is 41.1 Å². The number of amides is 2. The molecule has 0 aromatic heterocycles. The largest absolute Gasteiger partial charge is 0.480 e. The third-order valence-electron chi connectivity index (χ3n) is 3.37. The average molecular weight is 256 g/mol. The maximum atomic E-state index is 12.1. The smallest absolute Gasteiger partial charge is 0.323 e. The maximum absolute atomic E-state index is 12.1. The molecule has 0 spiro atoms. The van der Waals surface area contributed by atoms with Crippen molar-refractivity contribution in [3.05, 3.63) is 0 Å². The van der Waals surface area contributed by atoms with Crippen LogP contribution in [-0.2, 0) is 4.79 Å². The van der Waals surface area contributed by atoms with Gasteiger partial charge in [-0.2, -0.15) is 0 Å². The van der Waals surface area contributed by atoms with Crippen molar-refractivity contribution >= 4 is 12.0 Å². The predicted octanol–water partition coefficient (Wildman–Crippen LogP) is 1.93. The van der Waals surface area contributed by atoms with Gasteiger partial charge in [0.25, 0.3) is 0 Å². The fourth-order valence-electron chi connectivity index (χ4n) is 2.43. The molecule has 0 aromatic carbocycles. The quantitative estimate of drug-likeness (QED) is 0.789. The van der Waals surface area contributed by atoms with Gasteiger partial charge < -0.3 is 15.3 Å². The Morgan fingerprint density at radius 2 is 2.06 bits per heavy atom. The molecule has 2 amide bonds. The van der Waals surface area contributed by atoms with Gasteiger partial charge in [0.1, 0.15) is 6.54 Å². The zero-order valence-corrected chi connectivity index (χ0v) is 11.5. The molecule has 1 rings (SSSR count). The Morgan fingerprint density at radius 3 is 2.50 bits per heavy atom. The predicted molar refractivity (Wildman–Crippen MR) is 69.4 cm³/mol. The minimum Gasteiger partial charge on any atom is -0.480 e. The van der Waals surface area contributed by atoms with Gasteiger partial charge in [0.2, 0.25) is 0 Å². The van der Waals surface area contributed by atoms with E-state index in [4.69, 9.17) is 5.11 Å². The molecule has 0 bridgehead atoms. The number of nitrogens with one attached hydrogen (secondary N) is 1. The second-order valence-electron chi connectivity index (χ2n) is 5.63. The fraction of sp³-hybridized carbons (Fsp3) is 0.846. The van der Waals surface area contributed by atoms with Crippen molar-refractivity contribution in [3.8, 4) is 0 Å². The Labute approximate surface area is 109 Å². The highest BCUT2D eigenvalue weighted by molar-refractivity contribution is 5.80. The van der Waals surface area contributed by atoms with E-state index in [1.54, 1.807) is 0 Å². The Morgan fingerprint density at radius 1 is 1.39 bits per heavy atom. The van der Waals surface area contributed by atoms with Crippen molar-refractivity contribution in [1.82, 2.24) is 10.2 Å². The molecular weight excluding hydrogens is 232 g/mol. The second kappa shape index (κ2) is 6.61. The van der Waals surface area contributed by atoms with E-state index in [1.165, 1.54) is 4.90 Å². The monoisotopic (exact) mass is 256 g/mol. The van der Waals surface area contributed by atoms with Crippen LogP contribution in [0, 0.1) is 11.8 Å². The lowest BCUT2D eigenvalue weighted by atomic mass is 10.1. The van der Waals surface area contributed by atoms with Crippen LogP contribution >= 0.6 is 0 Å². The molecule has 104 valence electrons. The summed E-state index contributed by atoms with van der Waals surface area (Å²) in [6.45, 7) is 6.31. The molecule has 0 radical (unpaired) electrons. The van der Waals surface area contributed by atoms with Crippen LogP contribution in [0.15, 0.2) is 0 Å². The summed E-state index contributed by atoms with van der Waals surface area (Å²) in [5.41, 5.74) is 0. The van der Waals surface area contributed by atoms with Gasteiger partial charge in [-0.3, -0.25) is 4.79 Å². The number of nitrogens with zero attached hydrogens (tertiary/aromatic N) is 1. The number of carbonyl (C=O) groups excluding carboxylic acids is 1. The number of carboxylic acids is 1. The van der Waals surface area contributed by atoms with Gasteiger partial charge in [-0.25, -0.2) is 4.79 Å². The number of rotatable bonds is 5. The summed E-state index contributed by atoms with van der Waals surface area (Å²) in [6, 6.07) is -0.0502. The first-order valence-electron chi connectivity index (χ1n) is 6.67. The summed E-state index contributed by atoms with van der Waals surface area (Å²) < 4.78 is 0. The van der Waals surface area contributed by atoms with Crippen molar-refractivity contribution in [2.75, 3.05) is 13.1 Å². The first kappa shape index (κ1) is 14.8. The van der Waals surface area contributed by atoms with E-state index in [-0.39, 0.29) is 24.5 Å². The molecule has 18 heavy (non-hydrogen) atoms. The van der Waals surface area contributed by atoms with Crippen molar-refractivity contribution in [2.45, 2.75) is 46.1 Å². The number of hydrogen-bond donors (Lipinski definition) is 2. The molecular formula is C13H24N2O3. The first-order chi connectivity index (χ1) is 8.40. The van der Waals surface area contributed by atoms with E-state index in [2.05, 4.69) is 12.2 Å². The molecule has 1 aliphatic rings. The number of aliphatic carboxylic acids is 1. The van der Waals surface area contributed by atoms with Crippen LogP contribution in [0.4, 0.5) is 4.79 Å². The molecule has 1 aliphatic carbocycles. The van der Waals surface area contributed by atoms with Crippen LogP contribution in [0.2, 0.25) is 0 Å². The molecule has 2 atom stereocenters. The van der Waals surface area contributed by atoms with Crippen molar-refractivity contribution in [2.24, 2.45) is 11.8 Å². The summed E-state index contributed by atoms with van der Waals surface area (Å²) in [5, 5.41) is 11.8. The molecule has 1 fully saturated rings. The Hall–Kier alpha value is -1.26. The molecule has 0 saturated heterocycles. The Balaban J connectivity index is 2.54. The minimum atomic E-state index is -0.967. The molecule has 1 saturated carbocycles. The van der Waals surface area contributed by atoms with E-state index in [0.29, 0.717) is 12.5 Å². The summed E-state index contributed by atoms with van der Waals surface area (Å²) in [7, 11) is 0. The van der Waals surface area contributed by atoms with Gasteiger partial charge in [-0.15, -0.1) is 0 Å². The van der Waals surface area contributed by atoms with E-state index >= 15 is 0 Å². The minimum absolute atomic E-state index is 0.195. The van der Waals surface area contributed by atoms with Crippen LogP contribution in [0.5, 0.6) is 0 Å². The van der Waals surface area contributed by atoms with Gasteiger partial charge in [0.05, 0.1) is 0 Å².